The average molecular weight is 430 g/mol. The minimum atomic E-state index is 0.286. The lowest BCUT2D eigenvalue weighted by Gasteiger charge is -2.36. The Morgan fingerprint density at radius 1 is 1.03 bits per heavy atom. The molecule has 2 saturated heterocycles. The first-order chi connectivity index (χ1) is 15.0. The van der Waals surface area contributed by atoms with E-state index < -0.39 is 0 Å². The van der Waals surface area contributed by atoms with Gasteiger partial charge in [-0.1, -0.05) is 26.0 Å². The summed E-state index contributed by atoms with van der Waals surface area (Å²) in [5, 5.41) is 3.49. The van der Waals surface area contributed by atoms with Gasteiger partial charge in [0, 0.05) is 52.9 Å². The molecule has 0 unspecified atom stereocenters. The standard InChI is InChI=1S/C24H39N5O2/c1-20(2)19-31-22-8-6-21(7-9-22)10-11-26-24(25-3)29-16-14-27(15-17-29)18-23(30)28-12-4-5-13-28/h6-9,20H,4-5,10-19H2,1-3H3,(H,25,26). The molecule has 172 valence electrons. The molecule has 2 heterocycles. The Morgan fingerprint density at radius 2 is 1.71 bits per heavy atom. The van der Waals surface area contributed by atoms with Gasteiger partial charge < -0.3 is 19.9 Å². The maximum absolute atomic E-state index is 12.4. The number of benzene rings is 1. The molecule has 0 atom stereocenters. The predicted molar refractivity (Wildman–Crippen MR) is 126 cm³/mol. The highest BCUT2D eigenvalue weighted by Gasteiger charge is 2.24. The molecule has 2 aliphatic heterocycles. The van der Waals surface area contributed by atoms with Crippen molar-refractivity contribution in [2.24, 2.45) is 10.9 Å². The summed E-state index contributed by atoms with van der Waals surface area (Å²) in [6, 6.07) is 8.37. The van der Waals surface area contributed by atoms with Gasteiger partial charge in [0.25, 0.3) is 0 Å². The number of aliphatic imine (C=N–C) groups is 1. The minimum absolute atomic E-state index is 0.286. The van der Waals surface area contributed by atoms with Gasteiger partial charge in [0.2, 0.25) is 5.91 Å². The molecular weight excluding hydrogens is 390 g/mol. The molecule has 31 heavy (non-hydrogen) atoms. The molecule has 0 radical (unpaired) electrons. The molecule has 0 aliphatic carbocycles. The highest BCUT2D eigenvalue weighted by molar-refractivity contribution is 5.80. The zero-order valence-electron chi connectivity index (χ0n) is 19.5. The van der Waals surface area contributed by atoms with E-state index in [1.807, 2.05) is 11.9 Å². The van der Waals surface area contributed by atoms with E-state index in [0.717, 1.165) is 83.4 Å². The molecule has 1 N–H and O–H groups in total. The second kappa shape index (κ2) is 11.9. The van der Waals surface area contributed by atoms with Crippen molar-refractivity contribution in [1.82, 2.24) is 20.0 Å². The predicted octanol–water partition coefficient (Wildman–Crippen LogP) is 2.08. The molecule has 0 aromatic heterocycles. The van der Waals surface area contributed by atoms with Crippen molar-refractivity contribution in [3.63, 3.8) is 0 Å². The van der Waals surface area contributed by atoms with Crippen LogP contribution in [0.5, 0.6) is 5.75 Å². The molecule has 2 fully saturated rings. The van der Waals surface area contributed by atoms with Crippen LogP contribution in [0.3, 0.4) is 0 Å². The molecule has 1 aromatic carbocycles. The van der Waals surface area contributed by atoms with Crippen molar-refractivity contribution < 1.29 is 9.53 Å². The van der Waals surface area contributed by atoms with Crippen LogP contribution in [0.25, 0.3) is 0 Å². The lowest BCUT2D eigenvalue weighted by Crippen LogP contribution is -2.54. The van der Waals surface area contributed by atoms with Gasteiger partial charge in [-0.25, -0.2) is 0 Å². The van der Waals surface area contributed by atoms with Crippen molar-refractivity contribution in [2.45, 2.75) is 33.1 Å². The number of rotatable bonds is 8. The number of piperazine rings is 1. The number of hydrogen-bond donors (Lipinski definition) is 1. The third-order valence-electron chi connectivity index (χ3n) is 5.90. The van der Waals surface area contributed by atoms with Crippen molar-refractivity contribution in [3.05, 3.63) is 29.8 Å². The Kier molecular flexibility index (Phi) is 9.00. The van der Waals surface area contributed by atoms with E-state index in [-0.39, 0.29) is 5.91 Å². The van der Waals surface area contributed by atoms with Crippen LogP contribution in [0.15, 0.2) is 29.3 Å². The maximum Gasteiger partial charge on any atom is 0.236 e. The first-order valence-electron chi connectivity index (χ1n) is 11.7. The first-order valence-corrected chi connectivity index (χ1v) is 11.7. The molecule has 0 bridgehead atoms. The number of carbonyl (C=O) groups excluding carboxylic acids is 1. The number of likely N-dealkylation sites (tertiary alicyclic amines) is 1. The highest BCUT2D eigenvalue weighted by Crippen LogP contribution is 2.14. The summed E-state index contributed by atoms with van der Waals surface area (Å²) >= 11 is 0. The zero-order valence-corrected chi connectivity index (χ0v) is 19.5. The van der Waals surface area contributed by atoms with Gasteiger partial charge in [0.15, 0.2) is 5.96 Å². The van der Waals surface area contributed by atoms with Gasteiger partial charge in [-0.05, 0) is 42.9 Å². The third kappa shape index (κ3) is 7.42. The summed E-state index contributed by atoms with van der Waals surface area (Å²) in [5.74, 6) is 2.70. The van der Waals surface area contributed by atoms with Crippen molar-refractivity contribution in [1.29, 1.82) is 0 Å². The fourth-order valence-corrected chi connectivity index (χ4v) is 4.04. The average Bonchev–Trinajstić information content (AvgIpc) is 3.32. The van der Waals surface area contributed by atoms with Crippen molar-refractivity contribution in [3.8, 4) is 5.75 Å². The highest BCUT2D eigenvalue weighted by atomic mass is 16.5. The maximum atomic E-state index is 12.4. The summed E-state index contributed by atoms with van der Waals surface area (Å²) in [7, 11) is 1.84. The fraction of sp³-hybridized carbons (Fsp3) is 0.667. The number of carbonyl (C=O) groups is 1. The monoisotopic (exact) mass is 429 g/mol. The van der Waals surface area contributed by atoms with Crippen molar-refractivity contribution >= 4 is 11.9 Å². The van der Waals surface area contributed by atoms with Crippen molar-refractivity contribution in [2.75, 3.05) is 66.0 Å². The Morgan fingerprint density at radius 3 is 2.32 bits per heavy atom. The Bertz CT molecular complexity index is 705. The Balaban J connectivity index is 1.36. The topological polar surface area (TPSA) is 60.4 Å². The summed E-state index contributed by atoms with van der Waals surface area (Å²) in [4.78, 5) is 23.4. The Hall–Kier alpha value is -2.28. The van der Waals surface area contributed by atoms with Crippen LogP contribution in [-0.2, 0) is 11.2 Å². The number of amides is 1. The zero-order chi connectivity index (χ0) is 22.1. The molecular formula is C24H39N5O2. The van der Waals surface area contributed by atoms with Crippen LogP contribution in [-0.4, -0.2) is 92.6 Å². The number of guanidine groups is 1. The second-order valence-electron chi connectivity index (χ2n) is 8.92. The molecule has 2 aliphatic rings. The van der Waals surface area contributed by atoms with Gasteiger partial charge >= 0.3 is 0 Å². The summed E-state index contributed by atoms with van der Waals surface area (Å²) in [5.41, 5.74) is 1.28. The Labute approximate surface area is 187 Å². The van der Waals surface area contributed by atoms with Crippen LogP contribution in [0.1, 0.15) is 32.3 Å². The lowest BCUT2D eigenvalue weighted by molar-refractivity contribution is -0.131. The smallest absolute Gasteiger partial charge is 0.236 e. The van der Waals surface area contributed by atoms with Gasteiger partial charge in [0.05, 0.1) is 13.2 Å². The quantitative estimate of drug-likeness (QED) is 0.506. The van der Waals surface area contributed by atoms with Crippen LogP contribution in [0.2, 0.25) is 0 Å². The van der Waals surface area contributed by atoms with Crippen LogP contribution >= 0.6 is 0 Å². The van der Waals surface area contributed by atoms with E-state index in [0.29, 0.717) is 12.5 Å². The van der Waals surface area contributed by atoms with Gasteiger partial charge in [-0.3, -0.25) is 14.7 Å². The minimum Gasteiger partial charge on any atom is -0.493 e. The molecule has 1 aromatic rings. The number of nitrogens with zero attached hydrogens (tertiary/aromatic N) is 4. The number of hydrogen-bond acceptors (Lipinski definition) is 4. The number of ether oxygens (including phenoxy) is 1. The summed E-state index contributed by atoms with van der Waals surface area (Å²) in [6.45, 7) is 11.9. The van der Waals surface area contributed by atoms with Crippen LogP contribution in [0.4, 0.5) is 0 Å². The first kappa shape index (κ1) is 23.4. The lowest BCUT2D eigenvalue weighted by atomic mass is 10.1. The molecule has 3 rings (SSSR count). The summed E-state index contributed by atoms with van der Waals surface area (Å²) in [6.07, 6.45) is 3.24. The number of nitrogens with one attached hydrogen (secondary N) is 1. The molecule has 1 amide bonds. The summed E-state index contributed by atoms with van der Waals surface area (Å²) < 4.78 is 5.75. The van der Waals surface area contributed by atoms with E-state index in [1.165, 1.54) is 5.56 Å². The molecule has 7 nitrogen and oxygen atoms in total. The van der Waals surface area contributed by atoms with Gasteiger partial charge in [-0.2, -0.15) is 0 Å². The fourth-order valence-electron chi connectivity index (χ4n) is 4.04. The van der Waals surface area contributed by atoms with E-state index >= 15 is 0 Å². The molecule has 7 heteroatoms. The van der Waals surface area contributed by atoms with E-state index in [9.17, 15) is 4.79 Å². The van der Waals surface area contributed by atoms with E-state index in [1.54, 1.807) is 0 Å². The van der Waals surface area contributed by atoms with E-state index in [2.05, 4.69) is 58.2 Å². The second-order valence-corrected chi connectivity index (χ2v) is 8.92. The third-order valence-corrected chi connectivity index (χ3v) is 5.90. The van der Waals surface area contributed by atoms with Crippen LogP contribution < -0.4 is 10.1 Å². The normalized spacial score (nSPS) is 18.0. The SMILES string of the molecule is CN=C(NCCc1ccc(OCC(C)C)cc1)N1CCN(CC(=O)N2CCCC2)CC1. The van der Waals surface area contributed by atoms with Gasteiger partial charge in [-0.15, -0.1) is 0 Å². The van der Waals surface area contributed by atoms with E-state index in [4.69, 9.17) is 4.74 Å². The molecule has 0 spiro atoms. The largest absolute Gasteiger partial charge is 0.493 e. The van der Waals surface area contributed by atoms with Crippen LogP contribution in [0, 0.1) is 5.92 Å². The molecule has 0 saturated carbocycles. The van der Waals surface area contributed by atoms with Gasteiger partial charge in [0.1, 0.15) is 5.75 Å².